The number of imidazole rings is 1. The van der Waals surface area contributed by atoms with Crippen molar-refractivity contribution in [1.29, 1.82) is 5.26 Å². The Morgan fingerprint density at radius 1 is 1.48 bits per heavy atom. The summed E-state index contributed by atoms with van der Waals surface area (Å²) in [6.45, 7) is 3.17. The number of hydrogen-bond acceptors (Lipinski definition) is 7. The fraction of sp³-hybridized carbons (Fsp3) is 0.500. The van der Waals surface area contributed by atoms with Crippen molar-refractivity contribution in [2.75, 3.05) is 25.1 Å². The number of ether oxygens (including phenoxy) is 1. The minimum atomic E-state index is -0.832. The fourth-order valence-electron chi connectivity index (χ4n) is 2.22. The van der Waals surface area contributed by atoms with E-state index >= 15 is 0 Å². The second-order valence-corrected chi connectivity index (χ2v) is 4.88. The van der Waals surface area contributed by atoms with Crippen molar-refractivity contribution in [1.82, 2.24) is 14.9 Å². The van der Waals surface area contributed by atoms with Crippen molar-refractivity contribution in [3.05, 3.63) is 12.0 Å². The first-order valence-electron chi connectivity index (χ1n) is 7.41. The highest BCUT2D eigenvalue weighted by molar-refractivity contribution is 6.43. The number of piperidine rings is 1. The molecule has 122 valence electrons. The van der Waals surface area contributed by atoms with Crippen LogP contribution in [-0.4, -0.2) is 52.2 Å². The van der Waals surface area contributed by atoms with E-state index in [4.69, 9.17) is 10.00 Å². The van der Waals surface area contributed by atoms with E-state index in [0.717, 1.165) is 19.3 Å². The number of carbonyl (C=O) groups excluding carboxylic acids is 2. The molecule has 9 nitrogen and oxygen atoms in total. The highest BCUT2D eigenvalue weighted by Crippen LogP contribution is 2.16. The van der Waals surface area contributed by atoms with Crippen LogP contribution in [0.25, 0.3) is 0 Å². The summed E-state index contributed by atoms with van der Waals surface area (Å²) in [5.74, 6) is -0.853. The summed E-state index contributed by atoms with van der Waals surface area (Å²) in [4.78, 5) is 32.4. The summed E-state index contributed by atoms with van der Waals surface area (Å²) in [5, 5.41) is 12.6. The fourth-order valence-corrected chi connectivity index (χ4v) is 2.22. The molecule has 23 heavy (non-hydrogen) atoms. The zero-order chi connectivity index (χ0) is 16.7. The number of rotatable bonds is 5. The van der Waals surface area contributed by atoms with Gasteiger partial charge in [0.2, 0.25) is 5.71 Å². The molecule has 0 saturated carbocycles. The number of likely N-dealkylation sites (tertiary alicyclic amines) is 1. The van der Waals surface area contributed by atoms with E-state index in [1.165, 1.54) is 6.33 Å². The van der Waals surface area contributed by atoms with Crippen molar-refractivity contribution in [3.8, 4) is 6.07 Å². The van der Waals surface area contributed by atoms with E-state index in [1.807, 2.05) is 0 Å². The van der Waals surface area contributed by atoms with Gasteiger partial charge >= 0.3 is 5.97 Å². The maximum atomic E-state index is 12.4. The number of carbonyl (C=O) groups is 2. The highest BCUT2D eigenvalue weighted by Gasteiger charge is 2.23. The molecule has 0 atom stereocenters. The van der Waals surface area contributed by atoms with Crippen LogP contribution in [0.1, 0.15) is 36.7 Å². The first kappa shape index (κ1) is 16.5. The average molecular weight is 318 g/mol. The van der Waals surface area contributed by atoms with Gasteiger partial charge in [0.25, 0.3) is 5.91 Å². The third-order valence-electron chi connectivity index (χ3n) is 3.34. The van der Waals surface area contributed by atoms with Crippen molar-refractivity contribution in [2.45, 2.75) is 26.2 Å². The number of nitrogens with one attached hydrogen (secondary N) is 2. The van der Waals surface area contributed by atoms with Gasteiger partial charge in [0.15, 0.2) is 5.82 Å². The second kappa shape index (κ2) is 7.93. The predicted octanol–water partition coefficient (Wildman–Crippen LogP) is 0.890. The third-order valence-corrected chi connectivity index (χ3v) is 3.34. The Balaban J connectivity index is 2.10. The van der Waals surface area contributed by atoms with E-state index < -0.39 is 11.7 Å². The minimum absolute atomic E-state index is 0.140. The lowest BCUT2D eigenvalue weighted by atomic mass is 10.1. The molecule has 1 aromatic heterocycles. The number of esters is 1. The molecule has 0 spiro atoms. The summed E-state index contributed by atoms with van der Waals surface area (Å²) in [5.41, 5.74) is 2.29. The molecule has 1 aliphatic rings. The van der Waals surface area contributed by atoms with Crippen molar-refractivity contribution < 1.29 is 14.3 Å². The summed E-state index contributed by atoms with van der Waals surface area (Å²) in [6.07, 6.45) is 4.42. The highest BCUT2D eigenvalue weighted by atomic mass is 16.5. The van der Waals surface area contributed by atoms with Crippen LogP contribution in [0.4, 0.5) is 5.82 Å². The van der Waals surface area contributed by atoms with Gasteiger partial charge in [-0.2, -0.15) is 10.4 Å². The van der Waals surface area contributed by atoms with E-state index in [-0.39, 0.29) is 24.0 Å². The Bertz CT molecular complexity index is 639. The SMILES string of the molecule is CCOC(=O)/C(C#N)=N\Nc1nc[nH]c1C(=O)N1CCCCC1. The molecule has 9 heteroatoms. The van der Waals surface area contributed by atoms with Gasteiger partial charge in [0, 0.05) is 13.1 Å². The van der Waals surface area contributed by atoms with Crippen LogP contribution < -0.4 is 5.43 Å². The Kier molecular flexibility index (Phi) is 5.68. The molecule has 1 amide bonds. The lowest BCUT2D eigenvalue weighted by Gasteiger charge is -2.26. The molecule has 1 aliphatic heterocycles. The summed E-state index contributed by atoms with van der Waals surface area (Å²) < 4.78 is 4.70. The van der Waals surface area contributed by atoms with Crippen LogP contribution in [0.3, 0.4) is 0 Å². The number of hydrogen-bond donors (Lipinski definition) is 2. The van der Waals surface area contributed by atoms with Crippen molar-refractivity contribution in [2.24, 2.45) is 5.10 Å². The van der Waals surface area contributed by atoms with Gasteiger partial charge in [-0.05, 0) is 26.2 Å². The zero-order valence-corrected chi connectivity index (χ0v) is 12.8. The smallest absolute Gasteiger partial charge is 0.369 e. The minimum Gasteiger partial charge on any atom is -0.461 e. The predicted molar refractivity (Wildman–Crippen MR) is 81.6 cm³/mol. The lowest BCUT2D eigenvalue weighted by molar-refractivity contribution is -0.134. The van der Waals surface area contributed by atoms with Crippen LogP contribution in [0.2, 0.25) is 0 Å². The number of amides is 1. The summed E-state index contributed by atoms with van der Waals surface area (Å²) in [6, 6.07) is 1.64. The van der Waals surface area contributed by atoms with Gasteiger partial charge in [-0.25, -0.2) is 9.78 Å². The maximum absolute atomic E-state index is 12.4. The number of aromatic nitrogens is 2. The standard InChI is InChI=1S/C14H18N6O3/c1-2-23-14(22)10(8-15)18-19-12-11(16-9-17-12)13(21)20-6-4-3-5-7-20/h9,19H,2-7H2,1H3,(H,16,17)/b18-10-. The molecule has 0 unspecified atom stereocenters. The molecule has 0 aromatic carbocycles. The Morgan fingerprint density at radius 2 is 2.22 bits per heavy atom. The van der Waals surface area contributed by atoms with Gasteiger partial charge in [0.1, 0.15) is 11.8 Å². The topological polar surface area (TPSA) is 123 Å². The van der Waals surface area contributed by atoms with Gasteiger partial charge in [0.05, 0.1) is 12.9 Å². The molecule has 2 heterocycles. The molecule has 0 aliphatic carbocycles. The second-order valence-electron chi connectivity index (χ2n) is 4.88. The molecule has 1 saturated heterocycles. The van der Waals surface area contributed by atoms with Crippen molar-refractivity contribution >= 4 is 23.4 Å². The Hall–Kier alpha value is -2.89. The van der Waals surface area contributed by atoms with Crippen LogP contribution in [0.5, 0.6) is 0 Å². The molecule has 0 bridgehead atoms. The Labute approximate surface area is 133 Å². The zero-order valence-electron chi connectivity index (χ0n) is 12.8. The van der Waals surface area contributed by atoms with Gasteiger partial charge < -0.3 is 14.6 Å². The van der Waals surface area contributed by atoms with Crippen LogP contribution in [-0.2, 0) is 9.53 Å². The molecule has 1 fully saturated rings. The number of aromatic amines is 1. The number of H-pyrrole nitrogens is 1. The van der Waals surface area contributed by atoms with Crippen LogP contribution in [0, 0.1) is 11.3 Å². The third kappa shape index (κ3) is 4.06. The number of hydrazone groups is 1. The molecule has 2 rings (SSSR count). The summed E-state index contributed by atoms with van der Waals surface area (Å²) >= 11 is 0. The molecular weight excluding hydrogens is 300 g/mol. The Morgan fingerprint density at radius 3 is 2.87 bits per heavy atom. The quantitative estimate of drug-likeness (QED) is 0.472. The number of nitrogens with zero attached hydrogens (tertiary/aromatic N) is 4. The first-order chi connectivity index (χ1) is 11.2. The number of nitriles is 1. The molecule has 2 N–H and O–H groups in total. The van der Waals surface area contributed by atoms with Gasteiger partial charge in [-0.1, -0.05) is 0 Å². The van der Waals surface area contributed by atoms with Crippen molar-refractivity contribution in [3.63, 3.8) is 0 Å². The first-order valence-corrected chi connectivity index (χ1v) is 7.41. The average Bonchev–Trinajstić information content (AvgIpc) is 3.04. The van der Waals surface area contributed by atoms with Gasteiger partial charge in [-0.3, -0.25) is 10.2 Å². The number of anilines is 1. The van der Waals surface area contributed by atoms with E-state index in [9.17, 15) is 9.59 Å². The molecular formula is C14H18N6O3. The summed E-state index contributed by atoms with van der Waals surface area (Å²) in [7, 11) is 0. The maximum Gasteiger partial charge on any atom is 0.369 e. The van der Waals surface area contributed by atoms with Crippen LogP contribution in [0.15, 0.2) is 11.4 Å². The lowest BCUT2D eigenvalue weighted by Crippen LogP contribution is -2.36. The molecule has 0 radical (unpaired) electrons. The van der Waals surface area contributed by atoms with E-state index in [0.29, 0.717) is 13.1 Å². The normalized spacial score (nSPS) is 15.0. The monoisotopic (exact) mass is 318 g/mol. The van der Waals surface area contributed by atoms with Gasteiger partial charge in [-0.15, -0.1) is 0 Å². The largest absolute Gasteiger partial charge is 0.461 e. The van der Waals surface area contributed by atoms with Crippen LogP contribution >= 0.6 is 0 Å². The van der Waals surface area contributed by atoms with E-state index in [2.05, 4.69) is 20.5 Å². The molecule has 1 aromatic rings. The van der Waals surface area contributed by atoms with E-state index in [1.54, 1.807) is 17.9 Å².